The maximum absolute atomic E-state index is 12.2. The van der Waals surface area contributed by atoms with Crippen molar-refractivity contribution in [2.45, 2.75) is 63.8 Å². The van der Waals surface area contributed by atoms with Crippen molar-refractivity contribution in [1.29, 1.82) is 5.26 Å². The van der Waals surface area contributed by atoms with Gasteiger partial charge in [0.2, 0.25) is 10.0 Å². The summed E-state index contributed by atoms with van der Waals surface area (Å²) < 4.78 is 27.3. The number of hydrogen-bond donors (Lipinski definition) is 1. The van der Waals surface area contributed by atoms with Crippen LogP contribution in [-0.2, 0) is 10.0 Å². The molecule has 4 nitrogen and oxygen atoms in total. The predicted octanol–water partition coefficient (Wildman–Crippen LogP) is 2.57. The molecule has 0 heterocycles. The van der Waals surface area contributed by atoms with Gasteiger partial charge in [-0.25, -0.2) is 13.1 Å². The van der Waals surface area contributed by atoms with Crippen LogP contribution in [0.3, 0.4) is 0 Å². The second-order valence-electron chi connectivity index (χ2n) is 7.12. The zero-order chi connectivity index (χ0) is 14.2. The maximum atomic E-state index is 12.2. The van der Waals surface area contributed by atoms with Crippen LogP contribution < -0.4 is 4.72 Å². The second-order valence-corrected chi connectivity index (χ2v) is 8.87. The highest BCUT2D eigenvalue weighted by Gasteiger charge is 2.49. The Labute approximate surface area is 122 Å². The van der Waals surface area contributed by atoms with E-state index in [1.165, 1.54) is 32.1 Å². The van der Waals surface area contributed by atoms with Crippen LogP contribution in [0.4, 0.5) is 0 Å². The average molecular weight is 296 g/mol. The SMILES string of the molecule is N#CCC1(CS(=O)(=O)NC2CC2C2CCCCC2)CC1. The fraction of sp³-hybridized carbons (Fsp3) is 0.933. The van der Waals surface area contributed by atoms with Crippen LogP contribution in [0.15, 0.2) is 0 Å². The van der Waals surface area contributed by atoms with Crippen LogP contribution in [0.1, 0.15) is 57.8 Å². The summed E-state index contributed by atoms with van der Waals surface area (Å²) in [6, 6.07) is 2.31. The molecule has 5 heteroatoms. The maximum Gasteiger partial charge on any atom is 0.212 e. The van der Waals surface area contributed by atoms with Crippen molar-refractivity contribution in [3.63, 3.8) is 0 Å². The molecule has 20 heavy (non-hydrogen) atoms. The summed E-state index contributed by atoms with van der Waals surface area (Å²) in [5, 5.41) is 8.78. The lowest BCUT2D eigenvalue weighted by Crippen LogP contribution is -2.33. The molecule has 0 radical (unpaired) electrons. The molecule has 0 spiro atoms. The first kappa shape index (κ1) is 14.3. The monoisotopic (exact) mass is 296 g/mol. The molecule has 2 unspecified atom stereocenters. The number of nitrogens with one attached hydrogen (secondary N) is 1. The molecular formula is C15H24N2O2S. The van der Waals surface area contributed by atoms with Gasteiger partial charge in [-0.05, 0) is 36.5 Å². The van der Waals surface area contributed by atoms with Crippen molar-refractivity contribution < 1.29 is 8.42 Å². The minimum absolute atomic E-state index is 0.154. The third-order valence-electron chi connectivity index (χ3n) is 5.33. The van der Waals surface area contributed by atoms with Crippen LogP contribution in [0.25, 0.3) is 0 Å². The molecule has 0 aromatic heterocycles. The van der Waals surface area contributed by atoms with Gasteiger partial charge in [-0.3, -0.25) is 0 Å². The summed E-state index contributed by atoms with van der Waals surface area (Å²) in [7, 11) is -3.21. The van der Waals surface area contributed by atoms with Gasteiger partial charge in [0.25, 0.3) is 0 Å². The zero-order valence-electron chi connectivity index (χ0n) is 12.0. The van der Waals surface area contributed by atoms with Gasteiger partial charge in [-0.2, -0.15) is 5.26 Å². The van der Waals surface area contributed by atoms with Crippen LogP contribution in [0.2, 0.25) is 0 Å². The Morgan fingerprint density at radius 3 is 2.50 bits per heavy atom. The molecule has 1 N–H and O–H groups in total. The normalized spacial score (nSPS) is 32.5. The first-order valence-electron chi connectivity index (χ1n) is 7.91. The van der Waals surface area contributed by atoms with Gasteiger partial charge < -0.3 is 0 Å². The molecule has 0 aliphatic heterocycles. The van der Waals surface area contributed by atoms with Crippen molar-refractivity contribution in [1.82, 2.24) is 4.72 Å². The summed E-state index contributed by atoms with van der Waals surface area (Å²) >= 11 is 0. The standard InChI is InChI=1S/C15H24N2O2S/c16-9-8-15(6-7-15)11-20(18,19)17-14-10-13(14)12-4-2-1-3-5-12/h12-14,17H,1-8,10-11H2. The van der Waals surface area contributed by atoms with Crippen LogP contribution in [0, 0.1) is 28.6 Å². The molecule has 3 aliphatic rings. The summed E-state index contributed by atoms with van der Waals surface area (Å²) in [5.74, 6) is 1.48. The fourth-order valence-electron chi connectivity index (χ4n) is 3.83. The number of rotatable bonds is 6. The van der Waals surface area contributed by atoms with E-state index in [1.807, 2.05) is 0 Å². The Morgan fingerprint density at radius 1 is 1.20 bits per heavy atom. The minimum Gasteiger partial charge on any atom is -0.212 e. The molecule has 3 saturated carbocycles. The van der Waals surface area contributed by atoms with Gasteiger partial charge in [0.15, 0.2) is 0 Å². The molecule has 2 atom stereocenters. The van der Waals surface area contributed by atoms with Gasteiger partial charge in [0.05, 0.1) is 11.8 Å². The average Bonchev–Trinajstić information content (AvgIpc) is 3.29. The molecule has 0 aromatic rings. The molecule has 3 aliphatic carbocycles. The second kappa shape index (κ2) is 5.31. The first-order chi connectivity index (χ1) is 9.54. The lowest BCUT2D eigenvalue weighted by atomic mass is 9.86. The summed E-state index contributed by atoms with van der Waals surface area (Å²) in [6.45, 7) is 0. The van der Waals surface area contributed by atoms with Crippen LogP contribution in [0.5, 0.6) is 0 Å². The Hall–Kier alpha value is -0.600. The molecule has 112 valence electrons. The van der Waals surface area contributed by atoms with E-state index in [1.54, 1.807) is 0 Å². The lowest BCUT2D eigenvalue weighted by molar-refractivity contribution is 0.316. The van der Waals surface area contributed by atoms with Crippen molar-refractivity contribution in [2.24, 2.45) is 17.3 Å². The Bertz CT molecular complexity index is 498. The van der Waals surface area contributed by atoms with E-state index in [-0.39, 0.29) is 17.2 Å². The highest BCUT2D eigenvalue weighted by molar-refractivity contribution is 7.89. The van der Waals surface area contributed by atoms with E-state index in [0.717, 1.165) is 25.2 Å². The smallest absolute Gasteiger partial charge is 0.212 e. The summed E-state index contributed by atoms with van der Waals surface area (Å²) in [4.78, 5) is 0. The fourth-order valence-corrected chi connectivity index (χ4v) is 5.84. The van der Waals surface area contributed by atoms with Gasteiger partial charge in [0.1, 0.15) is 0 Å². The van der Waals surface area contributed by atoms with E-state index < -0.39 is 10.0 Å². The molecule has 3 fully saturated rings. The predicted molar refractivity (Wildman–Crippen MR) is 77.3 cm³/mol. The molecule has 0 saturated heterocycles. The third-order valence-corrected chi connectivity index (χ3v) is 6.99. The number of nitrogens with zero attached hydrogens (tertiary/aromatic N) is 1. The topological polar surface area (TPSA) is 70.0 Å². The van der Waals surface area contributed by atoms with Crippen molar-refractivity contribution in [2.75, 3.05) is 5.75 Å². The number of hydrogen-bond acceptors (Lipinski definition) is 3. The van der Waals surface area contributed by atoms with Crippen molar-refractivity contribution in [3.8, 4) is 6.07 Å². The molecule has 0 amide bonds. The van der Waals surface area contributed by atoms with Crippen LogP contribution in [-0.4, -0.2) is 20.2 Å². The summed E-state index contributed by atoms with van der Waals surface area (Å²) in [6.07, 6.45) is 9.70. The quantitative estimate of drug-likeness (QED) is 0.819. The van der Waals surface area contributed by atoms with Crippen molar-refractivity contribution >= 4 is 10.0 Å². The molecule has 3 rings (SSSR count). The van der Waals surface area contributed by atoms with E-state index >= 15 is 0 Å². The van der Waals surface area contributed by atoms with Crippen LogP contribution >= 0.6 is 0 Å². The van der Waals surface area contributed by atoms with E-state index in [9.17, 15) is 8.42 Å². The van der Waals surface area contributed by atoms with Gasteiger partial charge in [-0.15, -0.1) is 0 Å². The van der Waals surface area contributed by atoms with Crippen molar-refractivity contribution in [3.05, 3.63) is 0 Å². The Morgan fingerprint density at radius 2 is 1.90 bits per heavy atom. The highest BCUT2D eigenvalue weighted by atomic mass is 32.2. The van der Waals surface area contributed by atoms with E-state index in [4.69, 9.17) is 5.26 Å². The Balaban J connectivity index is 1.50. The molecular weight excluding hydrogens is 272 g/mol. The molecule has 0 aromatic carbocycles. The number of sulfonamides is 1. The molecule has 0 bridgehead atoms. The third kappa shape index (κ3) is 3.35. The first-order valence-corrected chi connectivity index (χ1v) is 9.56. The van der Waals surface area contributed by atoms with E-state index in [0.29, 0.717) is 12.3 Å². The highest BCUT2D eigenvalue weighted by Crippen LogP contribution is 2.50. The Kier molecular flexibility index (Phi) is 3.81. The van der Waals surface area contributed by atoms with Gasteiger partial charge in [-0.1, -0.05) is 32.1 Å². The zero-order valence-corrected chi connectivity index (χ0v) is 12.8. The van der Waals surface area contributed by atoms with E-state index in [2.05, 4.69) is 10.8 Å². The minimum atomic E-state index is -3.21. The van der Waals surface area contributed by atoms with Gasteiger partial charge >= 0.3 is 0 Å². The lowest BCUT2D eigenvalue weighted by Gasteiger charge is -2.21. The summed E-state index contributed by atoms with van der Waals surface area (Å²) in [5.41, 5.74) is -0.226. The largest absolute Gasteiger partial charge is 0.212 e. The van der Waals surface area contributed by atoms with Gasteiger partial charge in [0, 0.05) is 12.5 Å². The number of nitriles is 1.